The SMILES string of the molecule is COC(C)Cc1ncc(C)c(CNC(C)(C)C)n1. The van der Waals surface area contributed by atoms with E-state index in [0.29, 0.717) is 0 Å². The van der Waals surface area contributed by atoms with Gasteiger partial charge in [0, 0.05) is 31.8 Å². The summed E-state index contributed by atoms with van der Waals surface area (Å²) in [5.41, 5.74) is 2.29. The molecule has 102 valence electrons. The maximum atomic E-state index is 5.24. The van der Waals surface area contributed by atoms with Gasteiger partial charge in [0.1, 0.15) is 5.82 Å². The molecule has 0 aliphatic carbocycles. The van der Waals surface area contributed by atoms with E-state index in [0.717, 1.165) is 30.0 Å². The summed E-state index contributed by atoms with van der Waals surface area (Å²) in [6.07, 6.45) is 2.79. The molecule has 0 aliphatic heterocycles. The van der Waals surface area contributed by atoms with Crippen molar-refractivity contribution in [2.24, 2.45) is 0 Å². The summed E-state index contributed by atoms with van der Waals surface area (Å²) in [4.78, 5) is 8.96. The molecule has 1 atom stereocenters. The number of aromatic nitrogens is 2. The molecule has 1 rings (SSSR count). The second kappa shape index (κ2) is 6.25. The lowest BCUT2D eigenvalue weighted by atomic mass is 10.1. The molecular weight excluding hydrogens is 226 g/mol. The van der Waals surface area contributed by atoms with Crippen LogP contribution in [0.15, 0.2) is 6.20 Å². The molecule has 0 aromatic carbocycles. The molecule has 0 amide bonds. The first-order valence-electron chi connectivity index (χ1n) is 6.41. The fourth-order valence-electron chi connectivity index (χ4n) is 1.49. The summed E-state index contributed by atoms with van der Waals surface area (Å²) < 4.78 is 5.24. The standard InChI is InChI=1S/C14H25N3O/c1-10-8-15-13(7-11(2)18-6)17-12(10)9-16-14(3,4)5/h8,11,16H,7,9H2,1-6H3. The molecule has 1 unspecified atom stereocenters. The molecule has 1 heterocycles. The maximum absolute atomic E-state index is 5.24. The van der Waals surface area contributed by atoms with Crippen LogP contribution in [0.25, 0.3) is 0 Å². The molecule has 1 aromatic heterocycles. The van der Waals surface area contributed by atoms with Gasteiger partial charge in [-0.05, 0) is 40.2 Å². The van der Waals surface area contributed by atoms with E-state index in [4.69, 9.17) is 4.74 Å². The third-order valence-electron chi connectivity index (χ3n) is 2.78. The highest BCUT2D eigenvalue weighted by Crippen LogP contribution is 2.08. The molecule has 4 heteroatoms. The lowest BCUT2D eigenvalue weighted by molar-refractivity contribution is 0.117. The Morgan fingerprint density at radius 1 is 1.39 bits per heavy atom. The molecule has 1 aromatic rings. The van der Waals surface area contributed by atoms with Gasteiger partial charge in [0.2, 0.25) is 0 Å². The topological polar surface area (TPSA) is 47.0 Å². The Morgan fingerprint density at radius 2 is 2.06 bits per heavy atom. The Labute approximate surface area is 110 Å². The number of rotatable bonds is 5. The predicted molar refractivity (Wildman–Crippen MR) is 73.5 cm³/mol. The molecule has 0 saturated heterocycles. The van der Waals surface area contributed by atoms with E-state index in [-0.39, 0.29) is 11.6 Å². The fourth-order valence-corrected chi connectivity index (χ4v) is 1.49. The van der Waals surface area contributed by atoms with Crippen LogP contribution in [-0.2, 0) is 17.7 Å². The van der Waals surface area contributed by atoms with Crippen LogP contribution >= 0.6 is 0 Å². The zero-order valence-corrected chi connectivity index (χ0v) is 12.4. The van der Waals surface area contributed by atoms with Crippen LogP contribution in [0.5, 0.6) is 0 Å². The highest BCUT2D eigenvalue weighted by Gasteiger charge is 2.12. The normalized spacial score (nSPS) is 13.7. The average Bonchev–Trinajstić information content (AvgIpc) is 2.28. The molecule has 4 nitrogen and oxygen atoms in total. The van der Waals surface area contributed by atoms with Crippen molar-refractivity contribution in [2.75, 3.05) is 7.11 Å². The van der Waals surface area contributed by atoms with Crippen LogP contribution in [0.1, 0.15) is 44.8 Å². The number of methoxy groups -OCH3 is 1. The van der Waals surface area contributed by atoms with Gasteiger partial charge in [-0.15, -0.1) is 0 Å². The predicted octanol–water partition coefficient (Wildman–Crippen LogP) is 2.25. The van der Waals surface area contributed by atoms with Crippen LogP contribution < -0.4 is 5.32 Å². The van der Waals surface area contributed by atoms with Gasteiger partial charge in [-0.2, -0.15) is 0 Å². The zero-order chi connectivity index (χ0) is 13.8. The van der Waals surface area contributed by atoms with Gasteiger partial charge in [0.05, 0.1) is 11.8 Å². The van der Waals surface area contributed by atoms with Crippen molar-refractivity contribution >= 4 is 0 Å². The quantitative estimate of drug-likeness (QED) is 0.872. The number of hydrogen-bond donors (Lipinski definition) is 1. The Kier molecular flexibility index (Phi) is 5.23. The van der Waals surface area contributed by atoms with Crippen molar-refractivity contribution in [3.05, 3.63) is 23.3 Å². The summed E-state index contributed by atoms with van der Waals surface area (Å²) in [7, 11) is 1.71. The van der Waals surface area contributed by atoms with Crippen LogP contribution in [0.2, 0.25) is 0 Å². The van der Waals surface area contributed by atoms with Crippen molar-refractivity contribution in [1.29, 1.82) is 0 Å². The minimum absolute atomic E-state index is 0.0946. The van der Waals surface area contributed by atoms with E-state index < -0.39 is 0 Å². The number of nitrogens with zero attached hydrogens (tertiary/aromatic N) is 2. The summed E-state index contributed by atoms with van der Waals surface area (Å²) in [5, 5.41) is 3.45. The minimum atomic E-state index is 0.0946. The summed E-state index contributed by atoms with van der Waals surface area (Å²) >= 11 is 0. The van der Waals surface area contributed by atoms with Crippen LogP contribution in [-0.4, -0.2) is 28.7 Å². The molecular formula is C14H25N3O. The highest BCUT2D eigenvalue weighted by atomic mass is 16.5. The maximum Gasteiger partial charge on any atom is 0.131 e. The van der Waals surface area contributed by atoms with Crippen LogP contribution in [0.4, 0.5) is 0 Å². The van der Waals surface area contributed by atoms with Gasteiger partial charge >= 0.3 is 0 Å². The third kappa shape index (κ3) is 5.10. The zero-order valence-electron chi connectivity index (χ0n) is 12.4. The Morgan fingerprint density at radius 3 is 2.61 bits per heavy atom. The number of ether oxygens (including phenoxy) is 1. The average molecular weight is 251 g/mol. The monoisotopic (exact) mass is 251 g/mol. The Balaban J connectivity index is 2.75. The van der Waals surface area contributed by atoms with E-state index in [1.807, 2.05) is 20.0 Å². The largest absolute Gasteiger partial charge is 0.381 e. The van der Waals surface area contributed by atoms with Gasteiger partial charge < -0.3 is 10.1 Å². The van der Waals surface area contributed by atoms with Crippen molar-refractivity contribution in [3.63, 3.8) is 0 Å². The van der Waals surface area contributed by atoms with Crippen molar-refractivity contribution < 1.29 is 4.74 Å². The first kappa shape index (κ1) is 15.1. The van der Waals surface area contributed by atoms with E-state index >= 15 is 0 Å². The summed E-state index contributed by atoms with van der Waals surface area (Å²) in [5.74, 6) is 0.848. The molecule has 1 N–H and O–H groups in total. The molecule has 0 radical (unpaired) electrons. The molecule has 0 aliphatic rings. The first-order chi connectivity index (χ1) is 8.31. The van der Waals surface area contributed by atoms with Gasteiger partial charge in [0.25, 0.3) is 0 Å². The Bertz CT molecular complexity index is 385. The highest BCUT2D eigenvalue weighted by molar-refractivity contribution is 5.16. The van der Waals surface area contributed by atoms with Gasteiger partial charge in [-0.25, -0.2) is 9.97 Å². The van der Waals surface area contributed by atoms with Crippen LogP contribution in [0, 0.1) is 6.92 Å². The lowest BCUT2D eigenvalue weighted by Gasteiger charge is -2.21. The summed E-state index contributed by atoms with van der Waals surface area (Å²) in [6, 6.07) is 0. The Hall–Kier alpha value is -1.00. The minimum Gasteiger partial charge on any atom is -0.381 e. The molecule has 0 bridgehead atoms. The molecule has 0 fully saturated rings. The number of aryl methyl sites for hydroxylation is 1. The van der Waals surface area contributed by atoms with Crippen molar-refractivity contribution in [2.45, 2.75) is 59.2 Å². The lowest BCUT2D eigenvalue weighted by Crippen LogP contribution is -2.35. The van der Waals surface area contributed by atoms with Gasteiger partial charge in [-0.3, -0.25) is 0 Å². The second-order valence-corrected chi connectivity index (χ2v) is 5.77. The smallest absolute Gasteiger partial charge is 0.131 e. The van der Waals surface area contributed by atoms with Crippen molar-refractivity contribution in [3.8, 4) is 0 Å². The number of hydrogen-bond acceptors (Lipinski definition) is 4. The third-order valence-corrected chi connectivity index (χ3v) is 2.78. The molecule has 0 spiro atoms. The second-order valence-electron chi connectivity index (χ2n) is 5.77. The fraction of sp³-hybridized carbons (Fsp3) is 0.714. The van der Waals surface area contributed by atoms with Gasteiger partial charge in [-0.1, -0.05) is 0 Å². The number of nitrogens with one attached hydrogen (secondary N) is 1. The van der Waals surface area contributed by atoms with E-state index in [2.05, 4.69) is 36.1 Å². The van der Waals surface area contributed by atoms with Crippen LogP contribution in [0.3, 0.4) is 0 Å². The summed E-state index contributed by atoms with van der Waals surface area (Å²) in [6.45, 7) is 11.3. The molecule has 0 saturated carbocycles. The first-order valence-corrected chi connectivity index (χ1v) is 6.41. The van der Waals surface area contributed by atoms with E-state index in [1.165, 1.54) is 0 Å². The molecule has 18 heavy (non-hydrogen) atoms. The van der Waals surface area contributed by atoms with Crippen molar-refractivity contribution in [1.82, 2.24) is 15.3 Å². The van der Waals surface area contributed by atoms with Gasteiger partial charge in [0.15, 0.2) is 0 Å². The van der Waals surface area contributed by atoms with E-state index in [9.17, 15) is 0 Å². The van der Waals surface area contributed by atoms with E-state index in [1.54, 1.807) is 7.11 Å².